The Kier molecular flexibility index (Phi) is 7.24. The highest BCUT2D eigenvalue weighted by molar-refractivity contribution is 5.79. The minimum absolute atomic E-state index is 0.0342. The Balaban J connectivity index is 1.29. The number of nitrogens with zero attached hydrogens (tertiary/aromatic N) is 2. The Labute approximate surface area is 197 Å². The fraction of sp³-hybridized carbons (Fsp3) is 0.320. The number of aromatic nitrogens is 2. The van der Waals surface area contributed by atoms with E-state index in [1.807, 2.05) is 24.3 Å². The van der Waals surface area contributed by atoms with Crippen molar-refractivity contribution in [3.63, 3.8) is 0 Å². The second-order valence-electron chi connectivity index (χ2n) is 7.87. The first-order chi connectivity index (χ1) is 16.5. The second-order valence-corrected chi connectivity index (χ2v) is 7.87. The number of rotatable bonds is 9. The van der Waals surface area contributed by atoms with Gasteiger partial charge in [0.1, 0.15) is 12.7 Å². The summed E-state index contributed by atoms with van der Waals surface area (Å²) in [5.41, 5.74) is 4.79. The first kappa shape index (κ1) is 23.5. The summed E-state index contributed by atoms with van der Waals surface area (Å²) < 4.78 is 15.6. The normalized spacial score (nSPS) is 14.0. The molecule has 9 nitrogen and oxygen atoms in total. The fourth-order valence-corrected chi connectivity index (χ4v) is 4.16. The summed E-state index contributed by atoms with van der Waals surface area (Å²) in [6.45, 7) is 0.305. The Hall–Kier alpha value is -3.69. The molecule has 3 aromatic rings. The van der Waals surface area contributed by atoms with Crippen molar-refractivity contribution in [2.45, 2.75) is 24.5 Å². The molecule has 1 amide bonds. The average molecular weight is 466 g/mol. The van der Waals surface area contributed by atoms with Gasteiger partial charge in [0.15, 0.2) is 0 Å². The van der Waals surface area contributed by atoms with Crippen LogP contribution in [0.3, 0.4) is 0 Å². The number of aliphatic hydroxyl groups excluding tert-OH is 2. The SMILES string of the molecule is COc1ncc(C(O)C(O)CCNC(=O)OCC2c3ccccc3-c3ccccc32)c(OC)n1. The average Bonchev–Trinajstić information content (AvgIpc) is 3.20. The maximum absolute atomic E-state index is 12.3. The van der Waals surface area contributed by atoms with E-state index in [0.717, 1.165) is 22.3 Å². The van der Waals surface area contributed by atoms with E-state index in [1.165, 1.54) is 20.4 Å². The van der Waals surface area contributed by atoms with E-state index in [0.29, 0.717) is 0 Å². The van der Waals surface area contributed by atoms with Crippen molar-refractivity contribution < 1.29 is 29.2 Å². The van der Waals surface area contributed by atoms with Gasteiger partial charge in [-0.2, -0.15) is 4.98 Å². The first-order valence-corrected chi connectivity index (χ1v) is 10.9. The summed E-state index contributed by atoms with van der Waals surface area (Å²) in [4.78, 5) is 20.2. The summed E-state index contributed by atoms with van der Waals surface area (Å²) in [6, 6.07) is 16.3. The molecule has 3 N–H and O–H groups in total. The number of methoxy groups -OCH3 is 2. The van der Waals surface area contributed by atoms with E-state index in [-0.39, 0.29) is 42.9 Å². The van der Waals surface area contributed by atoms with Gasteiger partial charge in [0.05, 0.1) is 25.9 Å². The maximum atomic E-state index is 12.3. The number of nitrogens with one attached hydrogen (secondary N) is 1. The predicted molar refractivity (Wildman–Crippen MR) is 124 cm³/mol. The number of hydrogen-bond acceptors (Lipinski definition) is 8. The van der Waals surface area contributed by atoms with Gasteiger partial charge in [-0.25, -0.2) is 9.78 Å². The molecule has 0 saturated carbocycles. The molecule has 178 valence electrons. The van der Waals surface area contributed by atoms with Crippen molar-refractivity contribution in [1.82, 2.24) is 15.3 Å². The summed E-state index contributed by atoms with van der Waals surface area (Å²) in [5, 5.41) is 23.5. The molecule has 1 aromatic heterocycles. The van der Waals surface area contributed by atoms with Gasteiger partial charge in [-0.1, -0.05) is 48.5 Å². The smallest absolute Gasteiger partial charge is 0.407 e. The first-order valence-electron chi connectivity index (χ1n) is 10.9. The van der Waals surface area contributed by atoms with Crippen LogP contribution in [0.25, 0.3) is 11.1 Å². The summed E-state index contributed by atoms with van der Waals surface area (Å²) in [7, 11) is 2.80. The topological polar surface area (TPSA) is 123 Å². The van der Waals surface area contributed by atoms with Gasteiger partial charge in [0, 0.05) is 18.7 Å². The number of alkyl carbamates (subject to hydrolysis) is 1. The maximum Gasteiger partial charge on any atom is 0.407 e. The minimum Gasteiger partial charge on any atom is -0.481 e. The Morgan fingerprint density at radius 2 is 1.68 bits per heavy atom. The van der Waals surface area contributed by atoms with Crippen LogP contribution < -0.4 is 14.8 Å². The van der Waals surface area contributed by atoms with Crippen molar-refractivity contribution in [2.75, 3.05) is 27.4 Å². The van der Waals surface area contributed by atoms with Gasteiger partial charge < -0.3 is 29.7 Å². The molecule has 34 heavy (non-hydrogen) atoms. The third kappa shape index (κ3) is 4.80. The molecule has 4 rings (SSSR count). The highest BCUT2D eigenvalue weighted by Crippen LogP contribution is 2.44. The number of fused-ring (bicyclic) bond motifs is 3. The third-order valence-electron chi connectivity index (χ3n) is 5.87. The van der Waals surface area contributed by atoms with Crippen LogP contribution in [0.4, 0.5) is 4.79 Å². The molecule has 1 aliphatic rings. The Bertz CT molecular complexity index is 1110. The van der Waals surface area contributed by atoms with E-state index in [4.69, 9.17) is 14.2 Å². The van der Waals surface area contributed by atoms with Crippen molar-refractivity contribution in [1.29, 1.82) is 0 Å². The molecule has 2 atom stereocenters. The number of amides is 1. The lowest BCUT2D eigenvalue weighted by molar-refractivity contribution is 0.0117. The molecular weight excluding hydrogens is 438 g/mol. The van der Waals surface area contributed by atoms with Gasteiger partial charge in [0.2, 0.25) is 5.88 Å². The van der Waals surface area contributed by atoms with Gasteiger partial charge >= 0.3 is 12.1 Å². The van der Waals surface area contributed by atoms with E-state index < -0.39 is 18.3 Å². The summed E-state index contributed by atoms with van der Waals surface area (Å²) in [6.07, 6.45) is -1.66. The van der Waals surface area contributed by atoms with Crippen molar-refractivity contribution in [3.8, 4) is 23.0 Å². The van der Waals surface area contributed by atoms with Crippen LogP contribution in [0.2, 0.25) is 0 Å². The summed E-state index contributed by atoms with van der Waals surface area (Å²) >= 11 is 0. The molecule has 0 fully saturated rings. The molecule has 0 saturated heterocycles. The van der Waals surface area contributed by atoms with E-state index in [2.05, 4.69) is 39.6 Å². The number of carbonyl (C=O) groups excluding carboxylic acids is 1. The van der Waals surface area contributed by atoms with Crippen LogP contribution >= 0.6 is 0 Å². The molecular formula is C25H27N3O6. The van der Waals surface area contributed by atoms with Crippen LogP contribution in [0.5, 0.6) is 11.9 Å². The van der Waals surface area contributed by atoms with E-state index >= 15 is 0 Å². The van der Waals surface area contributed by atoms with E-state index in [1.54, 1.807) is 0 Å². The van der Waals surface area contributed by atoms with Gasteiger partial charge in [0.25, 0.3) is 0 Å². The zero-order valence-electron chi connectivity index (χ0n) is 19.0. The minimum atomic E-state index is -1.30. The quantitative estimate of drug-likeness (QED) is 0.441. The lowest BCUT2D eigenvalue weighted by atomic mass is 9.98. The standard InChI is InChI=1S/C25H27N3O6/c1-32-23-19(13-27-24(28-23)33-2)22(30)21(29)11-12-26-25(31)34-14-20-17-9-5-3-7-15(17)16-8-4-6-10-18(16)20/h3-10,13,20-22,29-30H,11-12,14H2,1-2H3,(H,26,31). The number of aliphatic hydroxyl groups is 2. The Morgan fingerprint density at radius 3 is 2.29 bits per heavy atom. The molecule has 1 heterocycles. The third-order valence-corrected chi connectivity index (χ3v) is 5.87. The van der Waals surface area contributed by atoms with Gasteiger partial charge in [-0.05, 0) is 28.7 Å². The fourth-order valence-electron chi connectivity index (χ4n) is 4.16. The van der Waals surface area contributed by atoms with Crippen molar-refractivity contribution >= 4 is 6.09 Å². The molecule has 9 heteroatoms. The van der Waals surface area contributed by atoms with Crippen LogP contribution in [0, 0.1) is 0 Å². The number of carbonyl (C=O) groups is 1. The molecule has 2 aromatic carbocycles. The lowest BCUT2D eigenvalue weighted by Crippen LogP contribution is -2.30. The largest absolute Gasteiger partial charge is 0.481 e. The molecule has 1 aliphatic carbocycles. The second kappa shape index (κ2) is 10.5. The molecule has 0 aliphatic heterocycles. The van der Waals surface area contributed by atoms with E-state index in [9.17, 15) is 15.0 Å². The lowest BCUT2D eigenvalue weighted by Gasteiger charge is -2.20. The van der Waals surface area contributed by atoms with Gasteiger partial charge in [-0.3, -0.25) is 0 Å². The van der Waals surface area contributed by atoms with Crippen molar-refractivity contribution in [3.05, 3.63) is 71.4 Å². The van der Waals surface area contributed by atoms with Crippen LogP contribution in [0.1, 0.15) is 35.1 Å². The summed E-state index contributed by atoms with van der Waals surface area (Å²) in [5.74, 6) is 0.0657. The highest BCUT2D eigenvalue weighted by Gasteiger charge is 2.29. The van der Waals surface area contributed by atoms with Gasteiger partial charge in [-0.15, -0.1) is 0 Å². The van der Waals surface area contributed by atoms with Crippen LogP contribution in [0.15, 0.2) is 54.7 Å². The highest BCUT2D eigenvalue weighted by atomic mass is 16.5. The monoisotopic (exact) mass is 465 g/mol. The zero-order valence-corrected chi connectivity index (χ0v) is 19.0. The molecule has 0 spiro atoms. The number of ether oxygens (including phenoxy) is 3. The zero-order chi connectivity index (χ0) is 24.1. The number of hydrogen-bond donors (Lipinski definition) is 3. The molecule has 0 radical (unpaired) electrons. The molecule has 0 bridgehead atoms. The molecule has 2 unspecified atom stereocenters. The van der Waals surface area contributed by atoms with Crippen molar-refractivity contribution in [2.24, 2.45) is 0 Å². The Morgan fingerprint density at radius 1 is 1.03 bits per heavy atom. The predicted octanol–water partition coefficient (Wildman–Crippen LogP) is 2.82. The van der Waals surface area contributed by atoms with Crippen LogP contribution in [-0.2, 0) is 4.74 Å². The number of benzene rings is 2. The van der Waals surface area contributed by atoms with Crippen LogP contribution in [-0.4, -0.2) is 59.7 Å².